The van der Waals surface area contributed by atoms with Crippen molar-refractivity contribution in [3.05, 3.63) is 59.2 Å². The van der Waals surface area contributed by atoms with Crippen LogP contribution in [0.25, 0.3) is 0 Å². The summed E-state index contributed by atoms with van der Waals surface area (Å²) in [6.45, 7) is 2.17. The highest BCUT2D eigenvalue weighted by Gasteiger charge is 2.11. The van der Waals surface area contributed by atoms with Crippen LogP contribution in [0.4, 0.5) is 10.1 Å². The van der Waals surface area contributed by atoms with Crippen molar-refractivity contribution in [3.63, 3.8) is 0 Å². The van der Waals surface area contributed by atoms with Gasteiger partial charge < -0.3 is 11.1 Å². The molecule has 2 aromatic rings. The summed E-state index contributed by atoms with van der Waals surface area (Å²) >= 11 is 0. The molecule has 0 spiro atoms. The lowest BCUT2D eigenvalue weighted by atomic mass is 10.1. The van der Waals surface area contributed by atoms with Crippen molar-refractivity contribution in [2.24, 2.45) is 0 Å². The first-order chi connectivity index (χ1) is 9.06. The van der Waals surface area contributed by atoms with Crippen LogP contribution in [0, 0.1) is 12.7 Å². The van der Waals surface area contributed by atoms with Crippen molar-refractivity contribution in [3.8, 4) is 0 Å². The second-order valence-electron chi connectivity index (χ2n) is 4.23. The van der Waals surface area contributed by atoms with E-state index < -0.39 is 11.7 Å². The van der Waals surface area contributed by atoms with Crippen molar-refractivity contribution in [2.45, 2.75) is 13.5 Å². The predicted octanol–water partition coefficient (Wildman–Crippen LogP) is 2.04. The Morgan fingerprint density at radius 1 is 1.37 bits per heavy atom. The number of nitrogen functional groups attached to an aromatic ring is 1. The molecule has 0 unspecified atom stereocenters. The summed E-state index contributed by atoms with van der Waals surface area (Å²) in [4.78, 5) is 15.9. The molecule has 0 aliphatic carbocycles. The molecule has 98 valence electrons. The van der Waals surface area contributed by atoms with E-state index in [1.54, 1.807) is 6.20 Å². The van der Waals surface area contributed by atoms with E-state index in [1.165, 1.54) is 18.2 Å². The number of aromatic nitrogens is 1. The maximum absolute atomic E-state index is 13.5. The third kappa shape index (κ3) is 3.28. The molecule has 0 radical (unpaired) electrons. The molecule has 1 amide bonds. The van der Waals surface area contributed by atoms with Crippen LogP contribution in [0.2, 0.25) is 0 Å². The van der Waals surface area contributed by atoms with Gasteiger partial charge in [-0.3, -0.25) is 9.78 Å². The van der Waals surface area contributed by atoms with Crippen LogP contribution < -0.4 is 11.1 Å². The quantitative estimate of drug-likeness (QED) is 0.829. The number of nitrogens with zero attached hydrogens (tertiary/aromatic N) is 1. The minimum absolute atomic E-state index is 0.0555. The molecule has 0 saturated carbocycles. The van der Waals surface area contributed by atoms with E-state index in [9.17, 15) is 9.18 Å². The largest absolute Gasteiger partial charge is 0.399 e. The van der Waals surface area contributed by atoms with E-state index in [0.29, 0.717) is 12.2 Å². The molecule has 0 aliphatic rings. The van der Waals surface area contributed by atoms with E-state index in [1.807, 2.05) is 19.1 Å². The number of carbonyl (C=O) groups excluding carboxylic acids is 1. The molecule has 19 heavy (non-hydrogen) atoms. The van der Waals surface area contributed by atoms with Gasteiger partial charge in [-0.05, 0) is 36.8 Å². The highest BCUT2D eigenvalue weighted by molar-refractivity contribution is 5.95. The number of hydrogen-bond donors (Lipinski definition) is 2. The first-order valence-corrected chi connectivity index (χ1v) is 5.81. The molecule has 0 fully saturated rings. The van der Waals surface area contributed by atoms with Crippen LogP contribution in [0.3, 0.4) is 0 Å². The fourth-order valence-corrected chi connectivity index (χ4v) is 1.60. The molecule has 5 heteroatoms. The van der Waals surface area contributed by atoms with Crippen LogP contribution in [0.15, 0.2) is 36.5 Å². The highest BCUT2D eigenvalue weighted by atomic mass is 19.1. The SMILES string of the molecule is Cc1ccc(CNC(=O)c2cc(N)ccc2F)cn1. The van der Waals surface area contributed by atoms with Gasteiger partial charge in [0.25, 0.3) is 5.91 Å². The van der Waals surface area contributed by atoms with E-state index in [4.69, 9.17) is 5.73 Å². The van der Waals surface area contributed by atoms with Crippen molar-refractivity contribution in [1.82, 2.24) is 10.3 Å². The molecule has 0 saturated heterocycles. The lowest BCUT2D eigenvalue weighted by Gasteiger charge is -2.07. The van der Waals surface area contributed by atoms with E-state index in [2.05, 4.69) is 10.3 Å². The van der Waals surface area contributed by atoms with Crippen molar-refractivity contribution < 1.29 is 9.18 Å². The zero-order valence-corrected chi connectivity index (χ0v) is 10.5. The average Bonchev–Trinajstić information content (AvgIpc) is 2.40. The molecule has 0 atom stereocenters. The van der Waals surface area contributed by atoms with Gasteiger partial charge in [-0.1, -0.05) is 6.07 Å². The van der Waals surface area contributed by atoms with Gasteiger partial charge in [-0.2, -0.15) is 0 Å². The standard InChI is InChI=1S/C14H14FN3O/c1-9-2-3-10(7-17-9)8-18-14(19)12-6-11(16)4-5-13(12)15/h2-7H,8,16H2,1H3,(H,18,19). The fourth-order valence-electron chi connectivity index (χ4n) is 1.60. The molecule has 0 aliphatic heterocycles. The number of amides is 1. The Bertz CT molecular complexity index is 596. The van der Waals surface area contributed by atoms with Gasteiger partial charge in [0.05, 0.1) is 5.56 Å². The summed E-state index contributed by atoms with van der Waals surface area (Å²) in [5, 5.41) is 2.63. The highest BCUT2D eigenvalue weighted by Crippen LogP contribution is 2.12. The Labute approximate surface area is 110 Å². The molecule has 1 aromatic carbocycles. The molecule has 0 bridgehead atoms. The number of nitrogens with two attached hydrogens (primary N) is 1. The molecular formula is C14H14FN3O. The Morgan fingerprint density at radius 2 is 2.16 bits per heavy atom. The van der Waals surface area contributed by atoms with E-state index in [-0.39, 0.29) is 5.56 Å². The lowest BCUT2D eigenvalue weighted by molar-refractivity contribution is 0.0947. The summed E-state index contributed by atoms with van der Waals surface area (Å²) in [5.74, 6) is -1.08. The molecule has 1 aromatic heterocycles. The monoisotopic (exact) mass is 259 g/mol. The number of carbonyl (C=O) groups is 1. The summed E-state index contributed by atoms with van der Waals surface area (Å²) in [7, 11) is 0. The molecular weight excluding hydrogens is 245 g/mol. The van der Waals surface area contributed by atoms with E-state index in [0.717, 1.165) is 11.3 Å². The van der Waals surface area contributed by atoms with Crippen LogP contribution in [-0.4, -0.2) is 10.9 Å². The van der Waals surface area contributed by atoms with Gasteiger partial charge in [0, 0.05) is 24.1 Å². The number of benzene rings is 1. The fraction of sp³-hybridized carbons (Fsp3) is 0.143. The second-order valence-corrected chi connectivity index (χ2v) is 4.23. The van der Waals surface area contributed by atoms with Crippen molar-refractivity contribution in [2.75, 3.05) is 5.73 Å². The van der Waals surface area contributed by atoms with Crippen molar-refractivity contribution >= 4 is 11.6 Å². The molecule has 4 nitrogen and oxygen atoms in total. The summed E-state index contributed by atoms with van der Waals surface area (Å²) in [6, 6.07) is 7.62. The summed E-state index contributed by atoms with van der Waals surface area (Å²) < 4.78 is 13.5. The van der Waals surface area contributed by atoms with Gasteiger partial charge >= 0.3 is 0 Å². The zero-order valence-electron chi connectivity index (χ0n) is 10.5. The summed E-state index contributed by atoms with van der Waals surface area (Å²) in [6.07, 6.45) is 1.67. The van der Waals surface area contributed by atoms with Crippen LogP contribution in [-0.2, 0) is 6.54 Å². The third-order valence-electron chi connectivity index (χ3n) is 2.66. The predicted molar refractivity (Wildman–Crippen MR) is 71.0 cm³/mol. The van der Waals surface area contributed by atoms with Gasteiger partial charge in [0.15, 0.2) is 0 Å². The minimum atomic E-state index is -0.589. The van der Waals surface area contributed by atoms with Crippen LogP contribution in [0.5, 0.6) is 0 Å². The average molecular weight is 259 g/mol. The zero-order chi connectivity index (χ0) is 13.8. The number of anilines is 1. The number of rotatable bonds is 3. The number of halogens is 1. The Hall–Kier alpha value is -2.43. The second kappa shape index (κ2) is 5.48. The van der Waals surface area contributed by atoms with Gasteiger partial charge in [0.2, 0.25) is 0 Å². The molecule has 3 N–H and O–H groups in total. The Morgan fingerprint density at radius 3 is 2.84 bits per heavy atom. The minimum Gasteiger partial charge on any atom is -0.399 e. The van der Waals surface area contributed by atoms with Gasteiger partial charge in [-0.25, -0.2) is 4.39 Å². The van der Waals surface area contributed by atoms with E-state index >= 15 is 0 Å². The number of pyridine rings is 1. The van der Waals surface area contributed by atoms with Crippen LogP contribution >= 0.6 is 0 Å². The first kappa shape index (κ1) is 13.0. The normalized spacial score (nSPS) is 10.2. The smallest absolute Gasteiger partial charge is 0.254 e. The number of aryl methyl sites for hydroxylation is 1. The first-order valence-electron chi connectivity index (χ1n) is 5.81. The maximum Gasteiger partial charge on any atom is 0.254 e. The molecule has 1 heterocycles. The van der Waals surface area contributed by atoms with Gasteiger partial charge in [0.1, 0.15) is 5.82 Å². The lowest BCUT2D eigenvalue weighted by Crippen LogP contribution is -2.24. The topological polar surface area (TPSA) is 68.0 Å². The molecule has 2 rings (SSSR count). The van der Waals surface area contributed by atoms with Gasteiger partial charge in [-0.15, -0.1) is 0 Å². The maximum atomic E-state index is 13.5. The summed E-state index contributed by atoms with van der Waals surface area (Å²) in [5.41, 5.74) is 7.58. The van der Waals surface area contributed by atoms with Crippen molar-refractivity contribution in [1.29, 1.82) is 0 Å². The number of nitrogens with one attached hydrogen (secondary N) is 1. The number of hydrogen-bond acceptors (Lipinski definition) is 3. The van der Waals surface area contributed by atoms with Crippen LogP contribution in [0.1, 0.15) is 21.6 Å². The Balaban J connectivity index is 2.05. The Kier molecular flexibility index (Phi) is 3.75. The third-order valence-corrected chi connectivity index (χ3v) is 2.66.